The number of nitriles is 2. The van der Waals surface area contributed by atoms with E-state index in [1.807, 2.05) is 12.1 Å². The minimum Gasteiger partial charge on any atom is -0.479 e. The molecule has 0 saturated carbocycles. The van der Waals surface area contributed by atoms with Crippen LogP contribution in [0.5, 0.6) is 0 Å². The Balaban J connectivity index is 3.16. The van der Waals surface area contributed by atoms with Gasteiger partial charge >= 0.3 is 0 Å². The highest BCUT2D eigenvalue weighted by atomic mass is 16.6. The van der Waals surface area contributed by atoms with E-state index in [0.717, 1.165) is 0 Å². The van der Waals surface area contributed by atoms with Crippen LogP contribution in [0.3, 0.4) is 0 Å². The molecule has 0 aromatic carbocycles. The van der Waals surface area contributed by atoms with Crippen LogP contribution in [0.15, 0.2) is 23.7 Å². The minimum absolute atomic E-state index is 0.468. The molecule has 16 heavy (non-hydrogen) atoms. The Morgan fingerprint density at radius 1 is 0.875 bits per heavy atom. The van der Waals surface area contributed by atoms with E-state index in [-0.39, 0.29) is 0 Å². The van der Waals surface area contributed by atoms with E-state index in [2.05, 4.69) is 0 Å². The summed E-state index contributed by atoms with van der Waals surface area (Å²) in [5.74, 6) is 0.935. The fourth-order valence-electron chi connectivity index (χ4n) is 1.42. The molecule has 0 amide bonds. The third kappa shape index (κ3) is 2.17. The summed E-state index contributed by atoms with van der Waals surface area (Å²) in [5.41, 5.74) is -1.46. The van der Waals surface area contributed by atoms with Crippen molar-refractivity contribution in [3.05, 3.63) is 23.7 Å². The van der Waals surface area contributed by atoms with Gasteiger partial charge in [0.05, 0.1) is 24.3 Å². The van der Waals surface area contributed by atoms with Crippen molar-refractivity contribution in [2.75, 3.05) is 0 Å². The zero-order valence-electron chi connectivity index (χ0n) is 9.87. The lowest BCUT2D eigenvalue weighted by atomic mass is 9.98. The van der Waals surface area contributed by atoms with Crippen molar-refractivity contribution >= 4 is 0 Å². The molecule has 0 radical (unpaired) electrons. The van der Waals surface area contributed by atoms with Gasteiger partial charge < -0.3 is 9.47 Å². The van der Waals surface area contributed by atoms with Gasteiger partial charge in [0.25, 0.3) is 0 Å². The van der Waals surface area contributed by atoms with Crippen LogP contribution < -0.4 is 0 Å². The molecule has 0 atom stereocenters. The van der Waals surface area contributed by atoms with Gasteiger partial charge in [-0.1, -0.05) is 0 Å². The molecule has 0 spiro atoms. The summed E-state index contributed by atoms with van der Waals surface area (Å²) < 4.78 is 11.4. The maximum absolute atomic E-state index is 8.66. The topological polar surface area (TPSA) is 66.0 Å². The van der Waals surface area contributed by atoms with Crippen LogP contribution in [0.2, 0.25) is 0 Å². The van der Waals surface area contributed by atoms with Gasteiger partial charge in [-0.25, -0.2) is 0 Å². The Kier molecular flexibility index (Phi) is 2.96. The smallest absolute Gasteiger partial charge is 0.160 e. The molecule has 84 valence electrons. The van der Waals surface area contributed by atoms with Gasteiger partial charge in [0.1, 0.15) is 0 Å². The van der Waals surface area contributed by atoms with Crippen molar-refractivity contribution in [1.82, 2.24) is 0 Å². The molecule has 1 heterocycles. The van der Waals surface area contributed by atoms with Gasteiger partial charge in [-0.05, 0) is 27.7 Å². The molecule has 1 fully saturated rings. The molecule has 0 aliphatic carbocycles. The van der Waals surface area contributed by atoms with Crippen LogP contribution in [0.25, 0.3) is 0 Å². The highest BCUT2D eigenvalue weighted by Crippen LogP contribution is 2.39. The molecular formula is C12H14N2O2. The average Bonchev–Trinajstić information content (AvgIpc) is 2.14. The summed E-state index contributed by atoms with van der Waals surface area (Å²) in [6.07, 6.45) is 2.65. The van der Waals surface area contributed by atoms with E-state index in [1.54, 1.807) is 27.7 Å². The van der Waals surface area contributed by atoms with Crippen molar-refractivity contribution in [2.45, 2.75) is 38.9 Å². The molecule has 0 aromatic heterocycles. The second kappa shape index (κ2) is 3.90. The maximum atomic E-state index is 8.66. The van der Waals surface area contributed by atoms with Crippen LogP contribution in [0.4, 0.5) is 0 Å². The van der Waals surface area contributed by atoms with Gasteiger partial charge in [0.15, 0.2) is 22.7 Å². The second-order valence-corrected chi connectivity index (χ2v) is 4.50. The monoisotopic (exact) mass is 218 g/mol. The minimum atomic E-state index is -0.728. The third-order valence-electron chi connectivity index (χ3n) is 2.31. The zero-order chi connectivity index (χ0) is 12.4. The summed E-state index contributed by atoms with van der Waals surface area (Å²) in [4.78, 5) is 0. The van der Waals surface area contributed by atoms with Crippen LogP contribution in [-0.2, 0) is 9.47 Å². The quantitative estimate of drug-likeness (QED) is 0.585. The first-order chi connectivity index (χ1) is 7.33. The molecule has 1 aliphatic heterocycles. The highest BCUT2D eigenvalue weighted by molar-refractivity contribution is 5.27. The van der Waals surface area contributed by atoms with E-state index in [1.165, 1.54) is 12.2 Å². The normalized spacial score (nSPS) is 26.4. The van der Waals surface area contributed by atoms with Gasteiger partial charge in [0.2, 0.25) is 0 Å². The van der Waals surface area contributed by atoms with Gasteiger partial charge in [-0.2, -0.15) is 10.5 Å². The predicted octanol–water partition coefficient (Wildman–Crippen LogP) is 2.41. The highest BCUT2D eigenvalue weighted by Gasteiger charge is 2.43. The van der Waals surface area contributed by atoms with Crippen molar-refractivity contribution in [3.8, 4) is 12.1 Å². The van der Waals surface area contributed by atoms with E-state index in [4.69, 9.17) is 20.0 Å². The second-order valence-electron chi connectivity index (χ2n) is 4.50. The number of allylic oxidation sites excluding steroid dienone is 2. The first-order valence-corrected chi connectivity index (χ1v) is 4.92. The fourth-order valence-corrected chi connectivity index (χ4v) is 1.42. The molecule has 1 aliphatic rings. The van der Waals surface area contributed by atoms with Crippen LogP contribution >= 0.6 is 0 Å². The molecule has 0 bridgehead atoms. The lowest BCUT2D eigenvalue weighted by Gasteiger charge is -2.43. The number of hydrogen-bond acceptors (Lipinski definition) is 4. The number of rotatable bonds is 0. The van der Waals surface area contributed by atoms with Crippen LogP contribution in [0, 0.1) is 22.7 Å². The van der Waals surface area contributed by atoms with Crippen molar-refractivity contribution in [3.63, 3.8) is 0 Å². The van der Waals surface area contributed by atoms with Crippen LogP contribution in [-0.4, -0.2) is 11.2 Å². The molecule has 4 nitrogen and oxygen atoms in total. The Morgan fingerprint density at radius 2 is 1.19 bits per heavy atom. The molecule has 0 unspecified atom stereocenters. The largest absolute Gasteiger partial charge is 0.479 e. The Morgan fingerprint density at radius 3 is 1.44 bits per heavy atom. The molecular weight excluding hydrogens is 204 g/mol. The summed E-state index contributed by atoms with van der Waals surface area (Å²) in [5, 5.41) is 17.3. The SMILES string of the molecule is CC1(C)OC(=CC#N)C(C)(C)OC1=CC#N. The molecule has 1 saturated heterocycles. The Hall–Kier alpha value is -1.94. The first-order valence-electron chi connectivity index (χ1n) is 4.92. The molecule has 4 heteroatoms. The Labute approximate surface area is 95.4 Å². The van der Waals surface area contributed by atoms with E-state index in [9.17, 15) is 0 Å². The molecule has 1 rings (SSSR count). The summed E-state index contributed by atoms with van der Waals surface area (Å²) in [7, 11) is 0. The van der Waals surface area contributed by atoms with E-state index >= 15 is 0 Å². The lowest BCUT2D eigenvalue weighted by molar-refractivity contribution is -0.120. The van der Waals surface area contributed by atoms with Crippen molar-refractivity contribution < 1.29 is 9.47 Å². The zero-order valence-corrected chi connectivity index (χ0v) is 9.87. The number of nitrogens with zero attached hydrogens (tertiary/aromatic N) is 2. The fraction of sp³-hybridized carbons (Fsp3) is 0.500. The number of ether oxygens (including phenoxy) is 2. The lowest BCUT2D eigenvalue weighted by Crippen LogP contribution is -2.44. The van der Waals surface area contributed by atoms with Crippen LogP contribution in [0.1, 0.15) is 27.7 Å². The predicted molar refractivity (Wildman–Crippen MR) is 57.7 cm³/mol. The van der Waals surface area contributed by atoms with E-state index < -0.39 is 11.2 Å². The third-order valence-corrected chi connectivity index (χ3v) is 2.31. The maximum Gasteiger partial charge on any atom is 0.160 e. The summed E-state index contributed by atoms with van der Waals surface area (Å²) in [6.45, 7) is 7.15. The summed E-state index contributed by atoms with van der Waals surface area (Å²) >= 11 is 0. The van der Waals surface area contributed by atoms with E-state index in [0.29, 0.717) is 11.5 Å². The number of hydrogen-bond donors (Lipinski definition) is 0. The van der Waals surface area contributed by atoms with Crippen molar-refractivity contribution in [1.29, 1.82) is 10.5 Å². The average molecular weight is 218 g/mol. The Bertz CT molecular complexity index is 389. The van der Waals surface area contributed by atoms with Gasteiger partial charge in [0, 0.05) is 0 Å². The summed E-state index contributed by atoms with van der Waals surface area (Å²) in [6, 6.07) is 3.85. The standard InChI is InChI=1S/C12H14N2O2/c1-11(2)9(5-7-13)16-12(3,4)10(15-11)6-8-14/h5-6H,1-4H3. The molecule has 0 N–H and O–H groups in total. The molecule has 0 aromatic rings. The van der Waals surface area contributed by atoms with Gasteiger partial charge in [-0.3, -0.25) is 0 Å². The first kappa shape index (κ1) is 12.1. The van der Waals surface area contributed by atoms with Crippen molar-refractivity contribution in [2.24, 2.45) is 0 Å². The van der Waals surface area contributed by atoms with Gasteiger partial charge in [-0.15, -0.1) is 0 Å².